The molecule has 0 atom stereocenters. The zero-order valence-corrected chi connectivity index (χ0v) is 14.9. The molecular formula is C21H20N4O2. The van der Waals surface area contributed by atoms with Gasteiger partial charge >= 0.3 is 0 Å². The molecule has 2 amide bonds. The normalized spacial score (nSPS) is 16.2. The van der Waals surface area contributed by atoms with Crippen LogP contribution in [0.5, 0.6) is 0 Å². The Kier molecular flexibility index (Phi) is 3.70. The van der Waals surface area contributed by atoms with Gasteiger partial charge < -0.3 is 10.2 Å². The second-order valence-corrected chi connectivity index (χ2v) is 7.18. The van der Waals surface area contributed by atoms with Crippen LogP contribution in [-0.4, -0.2) is 33.8 Å². The number of carbonyl (C=O) groups is 2. The molecule has 6 nitrogen and oxygen atoms in total. The number of imidazole rings is 1. The van der Waals surface area contributed by atoms with E-state index in [9.17, 15) is 9.59 Å². The first-order chi connectivity index (χ1) is 13.2. The van der Waals surface area contributed by atoms with E-state index >= 15 is 0 Å². The second-order valence-electron chi connectivity index (χ2n) is 7.18. The van der Waals surface area contributed by atoms with Crippen LogP contribution < -0.4 is 10.2 Å². The monoisotopic (exact) mass is 360 g/mol. The number of nitrogens with zero attached hydrogens (tertiary/aromatic N) is 3. The number of aromatic nitrogens is 2. The summed E-state index contributed by atoms with van der Waals surface area (Å²) in [6, 6.07) is 13.8. The van der Waals surface area contributed by atoms with E-state index in [0.29, 0.717) is 17.8 Å². The second kappa shape index (κ2) is 6.23. The predicted octanol–water partition coefficient (Wildman–Crippen LogP) is 2.82. The van der Waals surface area contributed by atoms with Crippen molar-refractivity contribution in [2.45, 2.75) is 31.7 Å². The Balaban J connectivity index is 1.57. The van der Waals surface area contributed by atoms with Crippen LogP contribution in [0.2, 0.25) is 0 Å². The van der Waals surface area contributed by atoms with Gasteiger partial charge in [-0.3, -0.25) is 14.0 Å². The van der Waals surface area contributed by atoms with E-state index in [1.54, 1.807) is 15.5 Å². The van der Waals surface area contributed by atoms with Crippen LogP contribution in [0.25, 0.3) is 5.52 Å². The van der Waals surface area contributed by atoms with Crippen molar-refractivity contribution in [3.63, 3.8) is 0 Å². The maximum Gasteiger partial charge on any atom is 0.287 e. The van der Waals surface area contributed by atoms with E-state index in [4.69, 9.17) is 0 Å². The van der Waals surface area contributed by atoms with Gasteiger partial charge in [-0.15, -0.1) is 0 Å². The van der Waals surface area contributed by atoms with E-state index in [1.807, 2.05) is 36.4 Å². The van der Waals surface area contributed by atoms with Gasteiger partial charge in [0.05, 0.1) is 5.52 Å². The first kappa shape index (κ1) is 16.1. The number of pyridine rings is 1. The van der Waals surface area contributed by atoms with E-state index < -0.39 is 0 Å². The van der Waals surface area contributed by atoms with Crippen molar-refractivity contribution in [3.05, 3.63) is 65.7 Å². The Bertz CT molecular complexity index is 1050. The Morgan fingerprint density at radius 3 is 2.74 bits per heavy atom. The molecule has 3 aromatic rings. The third-order valence-corrected chi connectivity index (χ3v) is 5.22. The molecule has 1 fully saturated rings. The number of hydrogen-bond donors (Lipinski definition) is 1. The zero-order valence-electron chi connectivity index (χ0n) is 14.9. The van der Waals surface area contributed by atoms with Crippen molar-refractivity contribution >= 4 is 23.0 Å². The fourth-order valence-corrected chi connectivity index (χ4v) is 3.71. The van der Waals surface area contributed by atoms with Crippen molar-refractivity contribution in [1.82, 2.24) is 14.7 Å². The summed E-state index contributed by atoms with van der Waals surface area (Å²) in [5.74, 6) is -0.112. The van der Waals surface area contributed by atoms with Crippen LogP contribution in [0.3, 0.4) is 0 Å². The van der Waals surface area contributed by atoms with Crippen molar-refractivity contribution in [3.8, 4) is 0 Å². The molecule has 5 rings (SSSR count). The Morgan fingerprint density at radius 1 is 1.07 bits per heavy atom. The lowest BCUT2D eigenvalue weighted by Crippen LogP contribution is -2.35. The number of amides is 2. The van der Waals surface area contributed by atoms with Crippen molar-refractivity contribution < 1.29 is 9.59 Å². The van der Waals surface area contributed by atoms with Gasteiger partial charge in [0.1, 0.15) is 0 Å². The molecular weight excluding hydrogens is 340 g/mol. The lowest BCUT2D eigenvalue weighted by Gasteiger charge is -2.28. The van der Waals surface area contributed by atoms with E-state index in [-0.39, 0.29) is 23.7 Å². The van der Waals surface area contributed by atoms with Crippen LogP contribution in [0.1, 0.15) is 45.9 Å². The van der Waals surface area contributed by atoms with Crippen LogP contribution in [0.15, 0.2) is 48.7 Å². The molecule has 1 saturated carbocycles. The van der Waals surface area contributed by atoms with Gasteiger partial charge in [-0.2, -0.15) is 0 Å². The average Bonchev–Trinajstić information content (AvgIpc) is 3.43. The number of fused-ring (bicyclic) bond motifs is 2. The standard InChI is InChI=1S/C21H20N4O2/c26-20(22-15-10-11-15)19-23-18(17-9-3-4-12-24(17)19)21(27)25-13-5-7-14-6-1-2-8-16(14)25/h1-4,6,8-9,12,15H,5,7,10-11,13H2,(H,22,26). The van der Waals surface area contributed by atoms with Crippen LogP contribution in [0.4, 0.5) is 5.69 Å². The summed E-state index contributed by atoms with van der Waals surface area (Å²) >= 11 is 0. The number of nitrogens with one attached hydrogen (secondary N) is 1. The van der Waals surface area contributed by atoms with Crippen molar-refractivity contribution in [1.29, 1.82) is 0 Å². The van der Waals surface area contributed by atoms with Gasteiger partial charge in [0.15, 0.2) is 5.69 Å². The van der Waals surface area contributed by atoms with Crippen molar-refractivity contribution in [2.75, 3.05) is 11.4 Å². The summed E-state index contributed by atoms with van der Waals surface area (Å²) in [7, 11) is 0. The highest BCUT2D eigenvalue weighted by molar-refractivity contribution is 6.10. The molecule has 0 saturated heterocycles. The van der Waals surface area contributed by atoms with E-state index in [1.165, 1.54) is 5.56 Å². The third-order valence-electron chi connectivity index (χ3n) is 5.22. The van der Waals surface area contributed by atoms with Crippen LogP contribution in [0, 0.1) is 0 Å². The fourth-order valence-electron chi connectivity index (χ4n) is 3.71. The fraction of sp³-hybridized carbons (Fsp3) is 0.286. The SMILES string of the molecule is O=C(NC1CC1)c1nc(C(=O)N2CCCc3ccccc32)c2ccccn12. The third kappa shape index (κ3) is 2.77. The number of aryl methyl sites for hydroxylation is 1. The highest BCUT2D eigenvalue weighted by atomic mass is 16.2. The van der Waals surface area contributed by atoms with Crippen molar-refractivity contribution in [2.24, 2.45) is 0 Å². The number of carbonyl (C=O) groups excluding carboxylic acids is 2. The minimum Gasteiger partial charge on any atom is -0.347 e. The summed E-state index contributed by atoms with van der Waals surface area (Å²) in [5.41, 5.74) is 3.10. The van der Waals surface area contributed by atoms with Gasteiger partial charge in [-0.1, -0.05) is 24.3 Å². The summed E-state index contributed by atoms with van der Waals surface area (Å²) in [6.45, 7) is 0.658. The van der Waals surface area contributed by atoms with E-state index in [2.05, 4.69) is 16.4 Å². The minimum atomic E-state index is -0.225. The van der Waals surface area contributed by atoms with Gasteiger partial charge in [-0.05, 0) is 49.4 Å². The molecule has 1 N–H and O–H groups in total. The topological polar surface area (TPSA) is 66.7 Å². The maximum atomic E-state index is 13.4. The molecule has 6 heteroatoms. The number of anilines is 1. The number of para-hydroxylation sites is 1. The minimum absolute atomic E-state index is 0.156. The lowest BCUT2D eigenvalue weighted by atomic mass is 10.0. The predicted molar refractivity (Wildman–Crippen MR) is 102 cm³/mol. The molecule has 0 unspecified atom stereocenters. The molecule has 1 aliphatic heterocycles. The Morgan fingerprint density at radius 2 is 1.89 bits per heavy atom. The summed E-state index contributed by atoms with van der Waals surface area (Å²) in [5, 5.41) is 2.96. The molecule has 27 heavy (non-hydrogen) atoms. The van der Waals surface area contributed by atoms with Gasteiger partial charge in [0, 0.05) is 24.5 Å². The van der Waals surface area contributed by atoms with Gasteiger partial charge in [-0.25, -0.2) is 4.98 Å². The zero-order chi connectivity index (χ0) is 18.4. The molecule has 0 spiro atoms. The number of benzene rings is 1. The van der Waals surface area contributed by atoms with E-state index in [0.717, 1.165) is 31.4 Å². The number of hydrogen-bond acceptors (Lipinski definition) is 3. The quantitative estimate of drug-likeness (QED) is 0.781. The molecule has 1 aliphatic carbocycles. The first-order valence-electron chi connectivity index (χ1n) is 9.40. The Labute approximate surface area is 156 Å². The van der Waals surface area contributed by atoms with Gasteiger partial charge in [0.25, 0.3) is 11.8 Å². The highest BCUT2D eigenvalue weighted by Gasteiger charge is 2.30. The molecule has 2 aliphatic rings. The Hall–Kier alpha value is -3.15. The first-order valence-corrected chi connectivity index (χ1v) is 9.40. The average molecular weight is 360 g/mol. The summed E-state index contributed by atoms with van der Waals surface area (Å²) in [6.07, 6.45) is 5.68. The molecule has 3 heterocycles. The molecule has 2 aromatic heterocycles. The summed E-state index contributed by atoms with van der Waals surface area (Å²) in [4.78, 5) is 32.2. The van der Waals surface area contributed by atoms with Crippen LogP contribution in [-0.2, 0) is 6.42 Å². The lowest BCUT2D eigenvalue weighted by molar-refractivity contribution is 0.0940. The highest BCUT2D eigenvalue weighted by Crippen LogP contribution is 2.29. The van der Waals surface area contributed by atoms with Crippen LogP contribution >= 0.6 is 0 Å². The largest absolute Gasteiger partial charge is 0.347 e. The molecule has 136 valence electrons. The summed E-state index contributed by atoms with van der Waals surface area (Å²) < 4.78 is 1.71. The molecule has 1 aromatic carbocycles. The van der Waals surface area contributed by atoms with Gasteiger partial charge in [0.2, 0.25) is 5.82 Å². The number of rotatable bonds is 3. The smallest absolute Gasteiger partial charge is 0.287 e. The maximum absolute atomic E-state index is 13.4. The molecule has 0 radical (unpaired) electrons. The molecule has 0 bridgehead atoms.